The Morgan fingerprint density at radius 1 is 1.21 bits per heavy atom. The van der Waals surface area contributed by atoms with Crippen molar-refractivity contribution in [3.63, 3.8) is 0 Å². The molecular weight excluding hydrogens is 238 g/mol. The third-order valence-electron chi connectivity index (χ3n) is 3.13. The lowest BCUT2D eigenvalue weighted by atomic mass is 10.0. The predicted octanol–water partition coefficient (Wildman–Crippen LogP) is 2.05. The van der Waals surface area contributed by atoms with Crippen LogP contribution in [0.25, 0.3) is 22.0 Å². The summed E-state index contributed by atoms with van der Waals surface area (Å²) in [6.07, 6.45) is 3.35. The monoisotopic (exact) mass is 251 g/mol. The Balaban J connectivity index is 2.31. The normalized spacial score (nSPS) is 10.8. The molecule has 4 nitrogen and oxygen atoms in total. The summed E-state index contributed by atoms with van der Waals surface area (Å²) in [7, 11) is 0. The second-order valence-electron chi connectivity index (χ2n) is 4.34. The molecule has 3 N–H and O–H groups in total. The molecule has 94 valence electrons. The maximum absolute atomic E-state index is 11.7. The van der Waals surface area contributed by atoms with Crippen molar-refractivity contribution in [2.24, 2.45) is 5.73 Å². The van der Waals surface area contributed by atoms with Gasteiger partial charge in [-0.1, -0.05) is 24.3 Å². The summed E-state index contributed by atoms with van der Waals surface area (Å²) in [5, 5.41) is 0.848. The summed E-state index contributed by atoms with van der Waals surface area (Å²) < 4.78 is 0. The second kappa shape index (κ2) is 4.66. The minimum atomic E-state index is -0.172. The summed E-state index contributed by atoms with van der Waals surface area (Å²) in [5.74, 6) is 0. The smallest absolute Gasteiger partial charge is 0.274 e. The fourth-order valence-corrected chi connectivity index (χ4v) is 2.19. The molecule has 3 aromatic rings. The second-order valence-corrected chi connectivity index (χ2v) is 4.34. The van der Waals surface area contributed by atoms with Gasteiger partial charge >= 0.3 is 0 Å². The molecule has 0 radical (unpaired) electrons. The Bertz CT molecular complexity index is 792. The maximum atomic E-state index is 11.7. The van der Waals surface area contributed by atoms with Crippen LogP contribution in [-0.4, -0.2) is 9.97 Å². The first-order valence-electron chi connectivity index (χ1n) is 6.05. The Hall–Kier alpha value is -2.46. The zero-order valence-electron chi connectivity index (χ0n) is 10.3. The van der Waals surface area contributed by atoms with Crippen molar-refractivity contribution in [1.29, 1.82) is 0 Å². The van der Waals surface area contributed by atoms with E-state index in [1.807, 2.05) is 36.4 Å². The fourth-order valence-electron chi connectivity index (χ4n) is 2.19. The van der Waals surface area contributed by atoms with Crippen LogP contribution in [0.3, 0.4) is 0 Å². The first-order chi connectivity index (χ1) is 9.29. The van der Waals surface area contributed by atoms with Crippen LogP contribution < -0.4 is 11.3 Å². The number of nitrogens with one attached hydrogen (secondary N) is 1. The molecule has 0 atom stereocenters. The first kappa shape index (κ1) is 11.6. The lowest BCUT2D eigenvalue weighted by Crippen LogP contribution is -2.07. The topological polar surface area (TPSA) is 71.8 Å². The fraction of sp³-hybridized carbons (Fsp3) is 0.0667. The van der Waals surface area contributed by atoms with E-state index >= 15 is 0 Å². The van der Waals surface area contributed by atoms with Gasteiger partial charge in [-0.05, 0) is 23.3 Å². The zero-order valence-corrected chi connectivity index (χ0v) is 10.3. The third kappa shape index (κ3) is 2.02. The van der Waals surface area contributed by atoms with Gasteiger partial charge in [0.2, 0.25) is 0 Å². The zero-order chi connectivity index (χ0) is 13.2. The number of hydrogen-bond donors (Lipinski definition) is 2. The van der Waals surface area contributed by atoms with Crippen molar-refractivity contribution in [2.75, 3.05) is 0 Å². The number of aromatic nitrogens is 2. The van der Waals surface area contributed by atoms with Crippen molar-refractivity contribution in [1.82, 2.24) is 9.97 Å². The summed E-state index contributed by atoms with van der Waals surface area (Å²) in [6, 6.07) is 11.7. The Morgan fingerprint density at radius 3 is 2.95 bits per heavy atom. The highest BCUT2D eigenvalue weighted by Gasteiger charge is 2.07. The van der Waals surface area contributed by atoms with E-state index in [1.165, 1.54) is 0 Å². The average Bonchev–Trinajstić information content (AvgIpc) is 2.48. The number of H-pyrrole nitrogens is 1. The van der Waals surface area contributed by atoms with Crippen LogP contribution in [0.4, 0.5) is 0 Å². The van der Waals surface area contributed by atoms with Crippen molar-refractivity contribution in [3.8, 4) is 11.1 Å². The van der Waals surface area contributed by atoms with E-state index in [-0.39, 0.29) is 5.56 Å². The lowest BCUT2D eigenvalue weighted by molar-refractivity contribution is 1.07. The summed E-state index contributed by atoms with van der Waals surface area (Å²) in [5.41, 5.74) is 8.99. The van der Waals surface area contributed by atoms with Gasteiger partial charge < -0.3 is 10.7 Å². The van der Waals surface area contributed by atoms with Crippen molar-refractivity contribution < 1.29 is 0 Å². The molecular formula is C15H13N3O. The molecule has 2 heterocycles. The molecule has 1 aromatic carbocycles. The van der Waals surface area contributed by atoms with E-state index in [0.29, 0.717) is 12.1 Å². The molecule has 2 aromatic heterocycles. The van der Waals surface area contributed by atoms with E-state index < -0.39 is 0 Å². The van der Waals surface area contributed by atoms with Gasteiger partial charge in [0.1, 0.15) is 5.52 Å². The summed E-state index contributed by atoms with van der Waals surface area (Å²) in [4.78, 5) is 18.6. The van der Waals surface area contributed by atoms with E-state index in [0.717, 1.165) is 22.1 Å². The SMILES string of the molecule is NCc1cccc(-c2c[nH]c(=O)c3ncccc23)c1. The number of hydrogen-bond acceptors (Lipinski definition) is 3. The molecule has 0 aliphatic rings. The third-order valence-corrected chi connectivity index (χ3v) is 3.13. The van der Waals surface area contributed by atoms with Gasteiger partial charge in [0.15, 0.2) is 0 Å². The van der Waals surface area contributed by atoms with Gasteiger partial charge in [0.25, 0.3) is 5.56 Å². The van der Waals surface area contributed by atoms with Gasteiger partial charge in [-0.25, -0.2) is 0 Å². The number of nitrogens with zero attached hydrogens (tertiary/aromatic N) is 1. The van der Waals surface area contributed by atoms with Gasteiger partial charge in [-0.3, -0.25) is 9.78 Å². The van der Waals surface area contributed by atoms with Gasteiger partial charge in [0, 0.05) is 29.9 Å². The molecule has 0 saturated carbocycles. The van der Waals surface area contributed by atoms with Gasteiger partial charge in [-0.2, -0.15) is 0 Å². The van der Waals surface area contributed by atoms with Crippen LogP contribution in [0.1, 0.15) is 5.56 Å². The summed E-state index contributed by atoms with van der Waals surface area (Å²) >= 11 is 0. The van der Waals surface area contributed by atoms with Gasteiger partial charge in [-0.15, -0.1) is 0 Å². The van der Waals surface area contributed by atoms with Crippen LogP contribution in [0.5, 0.6) is 0 Å². The number of nitrogens with two attached hydrogens (primary N) is 1. The number of fused-ring (bicyclic) bond motifs is 1. The van der Waals surface area contributed by atoms with Crippen molar-refractivity contribution in [3.05, 3.63) is 64.7 Å². The lowest BCUT2D eigenvalue weighted by Gasteiger charge is -2.07. The largest absolute Gasteiger partial charge is 0.327 e. The minimum Gasteiger partial charge on any atom is -0.327 e. The van der Waals surface area contributed by atoms with E-state index in [1.54, 1.807) is 12.4 Å². The van der Waals surface area contributed by atoms with Crippen LogP contribution >= 0.6 is 0 Å². The number of pyridine rings is 2. The Labute approximate surface area is 109 Å². The highest BCUT2D eigenvalue weighted by atomic mass is 16.1. The molecule has 4 heteroatoms. The molecule has 0 bridgehead atoms. The molecule has 0 spiro atoms. The Morgan fingerprint density at radius 2 is 2.11 bits per heavy atom. The number of benzene rings is 1. The molecule has 0 amide bonds. The molecule has 0 unspecified atom stereocenters. The molecule has 19 heavy (non-hydrogen) atoms. The maximum Gasteiger partial charge on any atom is 0.274 e. The summed E-state index contributed by atoms with van der Waals surface area (Å²) in [6.45, 7) is 0.493. The predicted molar refractivity (Wildman–Crippen MR) is 75.7 cm³/mol. The van der Waals surface area contributed by atoms with Crippen LogP contribution in [-0.2, 0) is 6.54 Å². The highest BCUT2D eigenvalue weighted by Crippen LogP contribution is 2.25. The number of aromatic amines is 1. The molecule has 0 aliphatic carbocycles. The number of rotatable bonds is 2. The quantitative estimate of drug-likeness (QED) is 0.732. The van der Waals surface area contributed by atoms with E-state index in [4.69, 9.17) is 5.73 Å². The van der Waals surface area contributed by atoms with E-state index in [9.17, 15) is 4.79 Å². The van der Waals surface area contributed by atoms with Crippen LogP contribution in [0.2, 0.25) is 0 Å². The van der Waals surface area contributed by atoms with Crippen molar-refractivity contribution >= 4 is 10.9 Å². The first-order valence-corrected chi connectivity index (χ1v) is 6.05. The molecule has 0 saturated heterocycles. The molecule has 0 fully saturated rings. The average molecular weight is 251 g/mol. The Kier molecular flexibility index (Phi) is 2.85. The standard InChI is InChI=1S/C15H13N3O/c16-8-10-3-1-4-11(7-10)13-9-18-15(19)14-12(13)5-2-6-17-14/h1-7,9H,8,16H2,(H,18,19). The van der Waals surface area contributed by atoms with Crippen molar-refractivity contribution in [2.45, 2.75) is 6.54 Å². The highest BCUT2D eigenvalue weighted by molar-refractivity contribution is 5.93. The molecule has 0 aliphatic heterocycles. The van der Waals surface area contributed by atoms with E-state index in [2.05, 4.69) is 9.97 Å². The minimum absolute atomic E-state index is 0.172. The van der Waals surface area contributed by atoms with Crippen LogP contribution in [0.15, 0.2) is 53.6 Å². The molecule has 3 rings (SSSR count). The van der Waals surface area contributed by atoms with Gasteiger partial charge in [0.05, 0.1) is 0 Å². The van der Waals surface area contributed by atoms with Crippen LogP contribution in [0, 0.1) is 0 Å².